The van der Waals surface area contributed by atoms with Crippen molar-refractivity contribution in [3.63, 3.8) is 0 Å². The van der Waals surface area contributed by atoms with E-state index in [4.69, 9.17) is 0 Å². The van der Waals surface area contributed by atoms with Gasteiger partial charge >= 0.3 is 0 Å². The molecule has 5 heteroatoms. The van der Waals surface area contributed by atoms with E-state index in [1.54, 1.807) is 4.31 Å². The minimum Gasteiger partial charge on any atom is -0.317 e. The molecule has 102 valence electrons. The largest absolute Gasteiger partial charge is 0.317 e. The van der Waals surface area contributed by atoms with Crippen molar-refractivity contribution in [1.29, 1.82) is 0 Å². The van der Waals surface area contributed by atoms with Crippen LogP contribution in [0.15, 0.2) is 0 Å². The summed E-state index contributed by atoms with van der Waals surface area (Å²) in [5.74, 6) is 0.908. The van der Waals surface area contributed by atoms with Crippen LogP contribution in [0, 0.1) is 11.8 Å². The Kier molecular flexibility index (Phi) is 5.41. The van der Waals surface area contributed by atoms with E-state index in [-0.39, 0.29) is 11.7 Å². The highest BCUT2D eigenvalue weighted by atomic mass is 32.2. The van der Waals surface area contributed by atoms with Crippen LogP contribution in [0.4, 0.5) is 0 Å². The highest BCUT2D eigenvalue weighted by molar-refractivity contribution is 7.89. The molecule has 17 heavy (non-hydrogen) atoms. The first-order chi connectivity index (χ1) is 7.86. The van der Waals surface area contributed by atoms with Crippen LogP contribution in [-0.2, 0) is 10.0 Å². The molecular formula is C12H26N2O2S. The maximum absolute atomic E-state index is 12.2. The predicted molar refractivity (Wildman–Crippen MR) is 71.4 cm³/mol. The van der Waals surface area contributed by atoms with Crippen molar-refractivity contribution in [2.24, 2.45) is 11.8 Å². The number of rotatable bonds is 5. The summed E-state index contributed by atoms with van der Waals surface area (Å²) in [6.07, 6.45) is 2.10. The third kappa shape index (κ3) is 4.23. The number of hydrogen-bond donors (Lipinski definition) is 1. The third-order valence-electron chi connectivity index (χ3n) is 3.52. The Bertz CT molecular complexity index is 327. The lowest BCUT2D eigenvalue weighted by atomic mass is 9.93. The molecule has 0 radical (unpaired) electrons. The van der Waals surface area contributed by atoms with Gasteiger partial charge in [0, 0.05) is 19.1 Å². The van der Waals surface area contributed by atoms with E-state index in [2.05, 4.69) is 12.2 Å². The Morgan fingerprint density at radius 3 is 2.53 bits per heavy atom. The first-order valence-electron chi connectivity index (χ1n) is 6.52. The van der Waals surface area contributed by atoms with E-state index in [0.717, 1.165) is 12.8 Å². The third-order valence-corrected chi connectivity index (χ3v) is 5.73. The normalized spacial score (nSPS) is 25.1. The number of nitrogens with one attached hydrogen (secondary N) is 1. The zero-order valence-electron chi connectivity index (χ0n) is 11.4. The van der Waals surface area contributed by atoms with Gasteiger partial charge in [0.1, 0.15) is 0 Å². The molecule has 0 aromatic heterocycles. The van der Waals surface area contributed by atoms with Gasteiger partial charge in [0.25, 0.3) is 0 Å². The molecule has 0 aliphatic carbocycles. The fraction of sp³-hybridized carbons (Fsp3) is 1.00. The summed E-state index contributed by atoms with van der Waals surface area (Å²) in [7, 11) is -1.11. The lowest BCUT2D eigenvalue weighted by molar-refractivity contribution is 0.228. The molecule has 1 fully saturated rings. The van der Waals surface area contributed by atoms with E-state index < -0.39 is 10.0 Å². The van der Waals surface area contributed by atoms with E-state index in [0.29, 0.717) is 25.0 Å². The maximum atomic E-state index is 12.2. The zero-order valence-corrected chi connectivity index (χ0v) is 12.3. The Morgan fingerprint density at radius 1 is 1.35 bits per heavy atom. The van der Waals surface area contributed by atoms with E-state index in [9.17, 15) is 8.42 Å². The fourth-order valence-corrected chi connectivity index (χ4v) is 4.28. The van der Waals surface area contributed by atoms with Gasteiger partial charge in [-0.2, -0.15) is 0 Å². The summed E-state index contributed by atoms with van der Waals surface area (Å²) in [5, 5.41) is 3.23. The SMILES string of the molecule is CNC(C)C1CCCN(S(=O)(=O)CC(C)C)C1. The van der Waals surface area contributed by atoms with Gasteiger partial charge in [-0.25, -0.2) is 12.7 Å². The molecule has 0 bridgehead atoms. The van der Waals surface area contributed by atoms with Gasteiger partial charge in [-0.15, -0.1) is 0 Å². The van der Waals surface area contributed by atoms with Gasteiger partial charge in [0.15, 0.2) is 0 Å². The van der Waals surface area contributed by atoms with E-state index >= 15 is 0 Å². The monoisotopic (exact) mass is 262 g/mol. The zero-order chi connectivity index (χ0) is 13.1. The smallest absolute Gasteiger partial charge is 0.214 e. The highest BCUT2D eigenvalue weighted by Crippen LogP contribution is 2.22. The van der Waals surface area contributed by atoms with E-state index in [1.165, 1.54) is 0 Å². The standard InChI is InChI=1S/C12H26N2O2S/c1-10(2)9-17(15,16)14-7-5-6-12(8-14)11(3)13-4/h10-13H,5-9H2,1-4H3. The number of piperidine rings is 1. The molecule has 1 aliphatic heterocycles. The number of hydrogen-bond acceptors (Lipinski definition) is 3. The number of sulfonamides is 1. The van der Waals surface area contributed by atoms with Crippen LogP contribution in [0.2, 0.25) is 0 Å². The molecule has 2 unspecified atom stereocenters. The van der Waals surface area contributed by atoms with Crippen LogP contribution in [-0.4, -0.2) is 44.7 Å². The summed E-state index contributed by atoms with van der Waals surface area (Å²) >= 11 is 0. The molecule has 1 heterocycles. The van der Waals surface area contributed by atoms with Crippen LogP contribution < -0.4 is 5.32 Å². The van der Waals surface area contributed by atoms with Crippen molar-refractivity contribution in [2.75, 3.05) is 25.9 Å². The van der Waals surface area contributed by atoms with Crippen molar-refractivity contribution in [3.05, 3.63) is 0 Å². The van der Waals surface area contributed by atoms with Gasteiger partial charge in [0.05, 0.1) is 5.75 Å². The molecule has 1 N–H and O–H groups in total. The lowest BCUT2D eigenvalue weighted by Gasteiger charge is -2.35. The first-order valence-corrected chi connectivity index (χ1v) is 8.13. The van der Waals surface area contributed by atoms with Crippen LogP contribution in [0.1, 0.15) is 33.6 Å². The fourth-order valence-electron chi connectivity index (χ4n) is 2.40. The first kappa shape index (κ1) is 14.9. The second kappa shape index (κ2) is 6.16. The topological polar surface area (TPSA) is 49.4 Å². The second-order valence-corrected chi connectivity index (χ2v) is 7.52. The lowest BCUT2D eigenvalue weighted by Crippen LogP contribution is -2.46. The molecule has 0 amide bonds. The van der Waals surface area contributed by atoms with Crippen LogP contribution >= 0.6 is 0 Å². The van der Waals surface area contributed by atoms with Gasteiger partial charge in [-0.3, -0.25) is 0 Å². The van der Waals surface area contributed by atoms with Gasteiger partial charge in [-0.05, 0) is 38.6 Å². The summed E-state index contributed by atoms with van der Waals surface area (Å²) in [6, 6.07) is 0.382. The summed E-state index contributed by atoms with van der Waals surface area (Å²) in [5.41, 5.74) is 0. The molecule has 0 aromatic rings. The summed E-state index contributed by atoms with van der Waals surface area (Å²) < 4.78 is 26.0. The van der Waals surface area contributed by atoms with Crippen molar-refractivity contribution in [1.82, 2.24) is 9.62 Å². The molecule has 1 saturated heterocycles. The molecule has 1 aliphatic rings. The average molecular weight is 262 g/mol. The number of nitrogens with zero attached hydrogens (tertiary/aromatic N) is 1. The molecule has 1 rings (SSSR count). The molecule has 0 saturated carbocycles. The van der Waals surface area contributed by atoms with Crippen LogP contribution in [0.25, 0.3) is 0 Å². The quantitative estimate of drug-likeness (QED) is 0.812. The van der Waals surface area contributed by atoms with Crippen LogP contribution in [0.3, 0.4) is 0 Å². The molecular weight excluding hydrogens is 236 g/mol. The van der Waals surface area contributed by atoms with Crippen molar-refractivity contribution in [3.8, 4) is 0 Å². The molecule has 0 spiro atoms. The average Bonchev–Trinajstić information content (AvgIpc) is 2.26. The summed E-state index contributed by atoms with van der Waals surface area (Å²) in [4.78, 5) is 0. The van der Waals surface area contributed by atoms with Crippen LogP contribution in [0.5, 0.6) is 0 Å². The van der Waals surface area contributed by atoms with Crippen molar-refractivity contribution < 1.29 is 8.42 Å². The van der Waals surface area contributed by atoms with Crippen molar-refractivity contribution in [2.45, 2.75) is 39.7 Å². The molecule has 2 atom stereocenters. The molecule has 0 aromatic carbocycles. The predicted octanol–water partition coefficient (Wildman–Crippen LogP) is 1.29. The van der Waals surface area contributed by atoms with Crippen molar-refractivity contribution >= 4 is 10.0 Å². The van der Waals surface area contributed by atoms with Gasteiger partial charge in [-0.1, -0.05) is 13.8 Å². The minimum absolute atomic E-state index is 0.196. The maximum Gasteiger partial charge on any atom is 0.214 e. The van der Waals surface area contributed by atoms with Gasteiger partial charge < -0.3 is 5.32 Å². The highest BCUT2D eigenvalue weighted by Gasteiger charge is 2.31. The Labute approximate surface area is 106 Å². The Morgan fingerprint density at radius 2 is 2.00 bits per heavy atom. The summed E-state index contributed by atoms with van der Waals surface area (Å²) in [6.45, 7) is 7.41. The minimum atomic E-state index is -3.05. The Hall–Kier alpha value is -0.130. The van der Waals surface area contributed by atoms with E-state index in [1.807, 2.05) is 20.9 Å². The second-order valence-electron chi connectivity index (χ2n) is 5.51. The molecule has 4 nitrogen and oxygen atoms in total. The van der Waals surface area contributed by atoms with Gasteiger partial charge in [0.2, 0.25) is 10.0 Å². The Balaban J connectivity index is 2.66.